The van der Waals surface area contributed by atoms with Gasteiger partial charge in [-0.15, -0.1) is 6.58 Å². The first-order chi connectivity index (χ1) is 9.30. The maximum absolute atomic E-state index is 11.6. The Balaban J connectivity index is 4.25. The van der Waals surface area contributed by atoms with E-state index >= 15 is 0 Å². The second kappa shape index (κ2) is 9.36. The number of nitrogens with one attached hydrogen (secondary N) is 1. The monoisotopic (exact) mass is 287 g/mol. The van der Waals surface area contributed by atoms with Crippen LogP contribution in [-0.2, 0) is 19.0 Å². The molecule has 0 aliphatic rings. The highest BCUT2D eigenvalue weighted by Crippen LogP contribution is 2.07. The zero-order valence-electron chi connectivity index (χ0n) is 12.7. The summed E-state index contributed by atoms with van der Waals surface area (Å²) in [6.45, 7) is 9.36. The van der Waals surface area contributed by atoms with Crippen LogP contribution in [0.25, 0.3) is 0 Å². The van der Waals surface area contributed by atoms with Crippen LogP contribution in [0.5, 0.6) is 0 Å². The van der Waals surface area contributed by atoms with E-state index in [0.29, 0.717) is 6.61 Å². The molecule has 116 valence electrons. The second-order valence-corrected chi connectivity index (χ2v) is 5.23. The number of rotatable bonds is 8. The van der Waals surface area contributed by atoms with E-state index in [0.717, 1.165) is 12.8 Å². The summed E-state index contributed by atoms with van der Waals surface area (Å²) in [4.78, 5) is 23.2. The molecule has 0 heterocycles. The van der Waals surface area contributed by atoms with Crippen molar-refractivity contribution < 1.29 is 23.8 Å². The highest BCUT2D eigenvalue weighted by molar-refractivity contribution is 5.81. The van der Waals surface area contributed by atoms with Crippen LogP contribution in [0.3, 0.4) is 0 Å². The van der Waals surface area contributed by atoms with Gasteiger partial charge in [0.05, 0.1) is 13.7 Å². The average Bonchev–Trinajstić information content (AvgIpc) is 2.34. The smallest absolute Gasteiger partial charge is 0.408 e. The quantitative estimate of drug-likeness (QED) is 0.420. The summed E-state index contributed by atoms with van der Waals surface area (Å²) in [6, 6.07) is -0.876. The lowest BCUT2D eigenvalue weighted by molar-refractivity contribution is -0.144. The number of amides is 1. The molecule has 0 saturated carbocycles. The molecule has 1 atom stereocenters. The van der Waals surface area contributed by atoms with Crippen LogP contribution in [0.2, 0.25) is 0 Å². The molecule has 1 N–H and O–H groups in total. The van der Waals surface area contributed by atoms with Crippen LogP contribution in [0.1, 0.15) is 33.6 Å². The maximum atomic E-state index is 11.6. The molecule has 6 nitrogen and oxygen atoms in total. The van der Waals surface area contributed by atoms with Gasteiger partial charge in [0, 0.05) is 6.61 Å². The van der Waals surface area contributed by atoms with Crippen molar-refractivity contribution in [3.05, 3.63) is 12.7 Å². The van der Waals surface area contributed by atoms with E-state index in [2.05, 4.69) is 16.6 Å². The SMILES string of the molecule is C=CCCCOCC(NC(=O)OC(C)(C)C)C(=O)OC. The fourth-order valence-electron chi connectivity index (χ4n) is 1.29. The minimum atomic E-state index is -0.876. The Kier molecular flexibility index (Phi) is 8.63. The van der Waals surface area contributed by atoms with Gasteiger partial charge in [0.1, 0.15) is 5.60 Å². The van der Waals surface area contributed by atoms with Crippen LogP contribution in [0, 0.1) is 0 Å². The first-order valence-corrected chi connectivity index (χ1v) is 6.56. The van der Waals surface area contributed by atoms with Gasteiger partial charge in [-0.1, -0.05) is 6.08 Å². The van der Waals surface area contributed by atoms with Gasteiger partial charge >= 0.3 is 12.1 Å². The lowest BCUT2D eigenvalue weighted by atomic mass is 10.2. The van der Waals surface area contributed by atoms with Crippen molar-refractivity contribution in [1.82, 2.24) is 5.32 Å². The van der Waals surface area contributed by atoms with Gasteiger partial charge in [-0.2, -0.15) is 0 Å². The Hall–Kier alpha value is -1.56. The summed E-state index contributed by atoms with van der Waals surface area (Å²) in [5.41, 5.74) is -0.629. The number of unbranched alkanes of at least 4 members (excludes halogenated alkanes) is 1. The zero-order chi connectivity index (χ0) is 15.6. The molecule has 0 aliphatic carbocycles. The third-order valence-corrected chi connectivity index (χ3v) is 2.16. The summed E-state index contributed by atoms with van der Waals surface area (Å²) in [7, 11) is 1.25. The largest absolute Gasteiger partial charge is 0.467 e. The summed E-state index contributed by atoms with van der Waals surface area (Å²) in [6.07, 6.45) is 2.76. The van der Waals surface area contributed by atoms with Gasteiger partial charge in [0.2, 0.25) is 0 Å². The Labute approximate surface area is 120 Å². The molecular weight excluding hydrogens is 262 g/mol. The molecule has 0 radical (unpaired) electrons. The molecule has 0 rings (SSSR count). The Morgan fingerprint density at radius 1 is 1.35 bits per heavy atom. The minimum absolute atomic E-state index is 0.0447. The van der Waals surface area contributed by atoms with E-state index in [1.165, 1.54) is 7.11 Å². The predicted molar refractivity (Wildman–Crippen MR) is 75.4 cm³/mol. The van der Waals surface area contributed by atoms with Crippen molar-refractivity contribution in [3.63, 3.8) is 0 Å². The Bertz CT molecular complexity index is 322. The normalized spacial score (nSPS) is 12.4. The molecule has 0 saturated heterocycles. The molecule has 0 spiro atoms. The number of alkyl carbamates (subject to hydrolysis) is 1. The number of carbonyl (C=O) groups is 2. The van der Waals surface area contributed by atoms with Gasteiger partial charge < -0.3 is 19.5 Å². The molecule has 0 aromatic heterocycles. The third-order valence-electron chi connectivity index (χ3n) is 2.16. The van der Waals surface area contributed by atoms with Crippen molar-refractivity contribution >= 4 is 12.1 Å². The van der Waals surface area contributed by atoms with Crippen LogP contribution in [0.15, 0.2) is 12.7 Å². The first-order valence-electron chi connectivity index (χ1n) is 6.56. The van der Waals surface area contributed by atoms with Crippen molar-refractivity contribution in [2.24, 2.45) is 0 Å². The molecule has 6 heteroatoms. The molecule has 0 bridgehead atoms. The summed E-state index contributed by atoms with van der Waals surface area (Å²) in [5.74, 6) is -0.570. The summed E-state index contributed by atoms with van der Waals surface area (Å²) >= 11 is 0. The van der Waals surface area contributed by atoms with Gasteiger partial charge in [0.15, 0.2) is 6.04 Å². The van der Waals surface area contributed by atoms with Gasteiger partial charge in [-0.25, -0.2) is 9.59 Å². The van der Waals surface area contributed by atoms with E-state index < -0.39 is 23.7 Å². The van der Waals surface area contributed by atoms with E-state index in [9.17, 15) is 9.59 Å². The number of esters is 1. The first kappa shape index (κ1) is 18.4. The molecule has 1 amide bonds. The van der Waals surface area contributed by atoms with E-state index in [-0.39, 0.29) is 6.61 Å². The molecule has 0 aromatic rings. The topological polar surface area (TPSA) is 73.9 Å². The van der Waals surface area contributed by atoms with Crippen LogP contribution in [-0.4, -0.2) is 44.0 Å². The summed E-state index contributed by atoms with van der Waals surface area (Å²) in [5, 5.41) is 2.43. The van der Waals surface area contributed by atoms with Crippen LogP contribution >= 0.6 is 0 Å². The lowest BCUT2D eigenvalue weighted by Gasteiger charge is -2.22. The molecule has 0 aromatic carbocycles. The number of methoxy groups -OCH3 is 1. The lowest BCUT2D eigenvalue weighted by Crippen LogP contribution is -2.46. The number of hydrogen-bond donors (Lipinski definition) is 1. The Morgan fingerprint density at radius 3 is 2.50 bits per heavy atom. The van der Waals surface area contributed by atoms with E-state index in [1.54, 1.807) is 26.8 Å². The van der Waals surface area contributed by atoms with Crippen LogP contribution in [0.4, 0.5) is 4.79 Å². The fraction of sp³-hybridized carbons (Fsp3) is 0.714. The minimum Gasteiger partial charge on any atom is -0.467 e. The molecule has 1 unspecified atom stereocenters. The average molecular weight is 287 g/mol. The highest BCUT2D eigenvalue weighted by Gasteiger charge is 2.25. The van der Waals surface area contributed by atoms with Gasteiger partial charge in [-0.05, 0) is 33.6 Å². The third kappa shape index (κ3) is 9.38. The highest BCUT2D eigenvalue weighted by atomic mass is 16.6. The maximum Gasteiger partial charge on any atom is 0.408 e. The van der Waals surface area contributed by atoms with E-state index in [4.69, 9.17) is 9.47 Å². The Morgan fingerprint density at radius 2 is 2.00 bits per heavy atom. The molecule has 20 heavy (non-hydrogen) atoms. The molecule has 0 fully saturated rings. The van der Waals surface area contributed by atoms with Crippen molar-refractivity contribution in [1.29, 1.82) is 0 Å². The van der Waals surface area contributed by atoms with Gasteiger partial charge in [-0.3, -0.25) is 0 Å². The fourth-order valence-corrected chi connectivity index (χ4v) is 1.29. The summed E-state index contributed by atoms with van der Waals surface area (Å²) < 4.78 is 15.0. The molecular formula is C14H25NO5. The number of carbonyl (C=O) groups excluding carboxylic acids is 2. The standard InChI is InChI=1S/C14H25NO5/c1-6-7-8-9-19-10-11(12(16)18-5)15-13(17)20-14(2,3)4/h6,11H,1,7-10H2,2-5H3,(H,15,17). The zero-order valence-corrected chi connectivity index (χ0v) is 12.7. The predicted octanol–water partition coefficient (Wildman–Crippen LogP) is 2.04. The van der Waals surface area contributed by atoms with Crippen molar-refractivity contribution in [2.45, 2.75) is 45.3 Å². The van der Waals surface area contributed by atoms with Crippen molar-refractivity contribution in [2.75, 3.05) is 20.3 Å². The van der Waals surface area contributed by atoms with Crippen LogP contribution < -0.4 is 5.32 Å². The number of hydrogen-bond acceptors (Lipinski definition) is 5. The number of ether oxygens (including phenoxy) is 3. The van der Waals surface area contributed by atoms with Gasteiger partial charge in [0.25, 0.3) is 0 Å². The molecule has 0 aliphatic heterocycles. The number of allylic oxidation sites excluding steroid dienone is 1. The van der Waals surface area contributed by atoms with Crippen molar-refractivity contribution in [3.8, 4) is 0 Å². The second-order valence-electron chi connectivity index (χ2n) is 5.23. The van der Waals surface area contributed by atoms with E-state index in [1.807, 2.05) is 0 Å².